The first-order valence-corrected chi connectivity index (χ1v) is 6.98. The smallest absolute Gasteiger partial charge is 0.151 e. The van der Waals surface area contributed by atoms with E-state index in [1.807, 2.05) is 38.1 Å². The van der Waals surface area contributed by atoms with Gasteiger partial charge in [-0.15, -0.1) is 0 Å². The monoisotopic (exact) mass is 304 g/mol. The number of rotatable bonds is 5. The van der Waals surface area contributed by atoms with Crippen LogP contribution < -0.4 is 10.2 Å². The SMILES string of the molecule is C/C(=N/Nc1ccc(F)cc1F)c1ccc(OC(C)C)cc1. The van der Waals surface area contributed by atoms with Crippen molar-refractivity contribution in [2.45, 2.75) is 26.9 Å². The maximum atomic E-state index is 13.5. The molecule has 2 rings (SSSR count). The zero-order valence-electron chi connectivity index (χ0n) is 12.7. The summed E-state index contributed by atoms with van der Waals surface area (Å²) in [6.07, 6.45) is 0.115. The molecule has 116 valence electrons. The molecule has 0 aromatic heterocycles. The lowest BCUT2D eigenvalue weighted by Gasteiger charge is -2.10. The first-order valence-electron chi connectivity index (χ1n) is 6.98. The average Bonchev–Trinajstić information content (AvgIpc) is 2.46. The maximum Gasteiger partial charge on any atom is 0.151 e. The van der Waals surface area contributed by atoms with Gasteiger partial charge < -0.3 is 4.74 Å². The van der Waals surface area contributed by atoms with Crippen molar-refractivity contribution in [3.05, 3.63) is 59.7 Å². The van der Waals surface area contributed by atoms with Crippen LogP contribution in [0.25, 0.3) is 0 Å². The van der Waals surface area contributed by atoms with Crippen molar-refractivity contribution in [2.24, 2.45) is 5.10 Å². The van der Waals surface area contributed by atoms with Gasteiger partial charge in [0.1, 0.15) is 11.6 Å². The van der Waals surface area contributed by atoms with Crippen LogP contribution in [0.4, 0.5) is 14.5 Å². The van der Waals surface area contributed by atoms with Crippen LogP contribution in [0.15, 0.2) is 47.6 Å². The van der Waals surface area contributed by atoms with Crippen molar-refractivity contribution in [3.8, 4) is 5.75 Å². The van der Waals surface area contributed by atoms with E-state index in [2.05, 4.69) is 10.5 Å². The number of anilines is 1. The van der Waals surface area contributed by atoms with Crippen LogP contribution >= 0.6 is 0 Å². The summed E-state index contributed by atoms with van der Waals surface area (Å²) in [7, 11) is 0. The standard InChI is InChI=1S/C17H18F2N2O/c1-11(2)22-15-7-4-13(5-8-15)12(3)20-21-17-9-6-14(18)10-16(17)19/h4-11,21H,1-3H3/b20-12-. The Kier molecular flexibility index (Phi) is 5.09. The van der Waals surface area contributed by atoms with E-state index in [1.54, 1.807) is 6.92 Å². The molecule has 0 amide bonds. The van der Waals surface area contributed by atoms with E-state index < -0.39 is 11.6 Å². The fraction of sp³-hybridized carbons (Fsp3) is 0.235. The first kappa shape index (κ1) is 15.9. The fourth-order valence-electron chi connectivity index (χ4n) is 1.84. The van der Waals surface area contributed by atoms with Gasteiger partial charge in [-0.3, -0.25) is 5.43 Å². The second-order valence-corrected chi connectivity index (χ2v) is 5.12. The van der Waals surface area contributed by atoms with Gasteiger partial charge in [-0.25, -0.2) is 8.78 Å². The van der Waals surface area contributed by atoms with Crippen molar-refractivity contribution < 1.29 is 13.5 Å². The summed E-state index contributed by atoms with van der Waals surface area (Å²) in [6.45, 7) is 5.72. The quantitative estimate of drug-likeness (QED) is 0.647. The molecule has 1 N–H and O–H groups in total. The Hall–Kier alpha value is -2.43. The molecule has 0 radical (unpaired) electrons. The van der Waals surface area contributed by atoms with Crippen LogP contribution in [0.2, 0.25) is 0 Å². The molecule has 0 aliphatic heterocycles. The molecule has 5 heteroatoms. The zero-order chi connectivity index (χ0) is 16.1. The highest BCUT2D eigenvalue weighted by molar-refractivity contribution is 5.99. The summed E-state index contributed by atoms with van der Waals surface area (Å²) in [5.41, 5.74) is 4.29. The molecule has 0 bridgehead atoms. The Balaban J connectivity index is 2.08. The number of halogens is 2. The molecule has 0 fully saturated rings. The van der Waals surface area contributed by atoms with Gasteiger partial charge >= 0.3 is 0 Å². The molecule has 0 aliphatic rings. The number of hydrazone groups is 1. The van der Waals surface area contributed by atoms with Gasteiger partial charge in [-0.2, -0.15) is 5.10 Å². The number of hydrogen-bond acceptors (Lipinski definition) is 3. The molecule has 22 heavy (non-hydrogen) atoms. The summed E-state index contributed by atoms with van der Waals surface area (Å²) < 4.78 is 31.9. The fourth-order valence-corrected chi connectivity index (χ4v) is 1.84. The van der Waals surface area contributed by atoms with Crippen LogP contribution in [0.1, 0.15) is 26.3 Å². The predicted octanol–water partition coefficient (Wildman–Crippen LogP) is 4.59. The van der Waals surface area contributed by atoms with Gasteiger partial charge in [0, 0.05) is 6.07 Å². The third-order valence-corrected chi connectivity index (χ3v) is 2.92. The van der Waals surface area contributed by atoms with E-state index in [0.29, 0.717) is 5.71 Å². The molecule has 2 aromatic carbocycles. The third kappa shape index (κ3) is 4.28. The number of ether oxygens (including phenoxy) is 1. The molecule has 0 aliphatic carbocycles. The summed E-state index contributed by atoms with van der Waals surface area (Å²) in [5, 5.41) is 4.11. The lowest BCUT2D eigenvalue weighted by Crippen LogP contribution is -2.06. The summed E-state index contributed by atoms with van der Waals surface area (Å²) in [5.74, 6) is -0.522. The normalized spacial score (nSPS) is 11.6. The van der Waals surface area contributed by atoms with Crippen molar-refractivity contribution in [1.29, 1.82) is 0 Å². The third-order valence-electron chi connectivity index (χ3n) is 2.92. The van der Waals surface area contributed by atoms with Gasteiger partial charge in [-0.1, -0.05) is 0 Å². The number of nitrogens with one attached hydrogen (secondary N) is 1. The van der Waals surface area contributed by atoms with E-state index in [0.717, 1.165) is 17.4 Å². The minimum atomic E-state index is -0.683. The van der Waals surface area contributed by atoms with Crippen LogP contribution in [0.3, 0.4) is 0 Å². The van der Waals surface area contributed by atoms with Crippen molar-refractivity contribution >= 4 is 11.4 Å². The summed E-state index contributed by atoms with van der Waals surface area (Å²) in [4.78, 5) is 0. The topological polar surface area (TPSA) is 33.6 Å². The molecular formula is C17H18F2N2O. The van der Waals surface area contributed by atoms with Crippen LogP contribution in [-0.4, -0.2) is 11.8 Å². The molecular weight excluding hydrogens is 286 g/mol. The van der Waals surface area contributed by atoms with Crippen LogP contribution in [0, 0.1) is 11.6 Å². The number of nitrogens with zero attached hydrogens (tertiary/aromatic N) is 1. The lowest BCUT2D eigenvalue weighted by molar-refractivity contribution is 0.242. The van der Waals surface area contributed by atoms with Gasteiger partial charge in [0.2, 0.25) is 0 Å². The molecule has 0 spiro atoms. The van der Waals surface area contributed by atoms with E-state index in [-0.39, 0.29) is 11.8 Å². The first-order chi connectivity index (χ1) is 10.5. The number of hydrogen-bond donors (Lipinski definition) is 1. The minimum absolute atomic E-state index is 0.115. The van der Waals surface area contributed by atoms with Gasteiger partial charge in [0.05, 0.1) is 17.5 Å². The molecule has 3 nitrogen and oxygen atoms in total. The second-order valence-electron chi connectivity index (χ2n) is 5.12. The Morgan fingerprint density at radius 1 is 1.09 bits per heavy atom. The van der Waals surface area contributed by atoms with Crippen molar-refractivity contribution in [3.63, 3.8) is 0 Å². The zero-order valence-corrected chi connectivity index (χ0v) is 12.7. The molecule has 0 unspecified atom stereocenters. The molecule has 0 heterocycles. The highest BCUT2D eigenvalue weighted by atomic mass is 19.1. The highest BCUT2D eigenvalue weighted by Gasteiger charge is 2.04. The van der Waals surface area contributed by atoms with Gasteiger partial charge in [0.15, 0.2) is 5.82 Å². The second kappa shape index (κ2) is 7.02. The van der Waals surface area contributed by atoms with E-state index in [4.69, 9.17) is 4.74 Å². The Labute approximate surface area is 128 Å². The Morgan fingerprint density at radius 3 is 2.36 bits per heavy atom. The molecule has 0 saturated carbocycles. The van der Waals surface area contributed by atoms with Gasteiger partial charge in [-0.05, 0) is 62.7 Å². The highest BCUT2D eigenvalue weighted by Crippen LogP contribution is 2.17. The molecule has 2 aromatic rings. The largest absolute Gasteiger partial charge is 0.491 e. The van der Waals surface area contributed by atoms with Gasteiger partial charge in [0.25, 0.3) is 0 Å². The Bertz CT molecular complexity index is 667. The van der Waals surface area contributed by atoms with Crippen LogP contribution in [-0.2, 0) is 0 Å². The maximum absolute atomic E-state index is 13.5. The van der Waals surface area contributed by atoms with Crippen molar-refractivity contribution in [2.75, 3.05) is 5.43 Å². The lowest BCUT2D eigenvalue weighted by atomic mass is 10.1. The minimum Gasteiger partial charge on any atom is -0.491 e. The Morgan fingerprint density at radius 2 is 1.77 bits per heavy atom. The molecule has 0 atom stereocenters. The van der Waals surface area contributed by atoms with E-state index in [9.17, 15) is 8.78 Å². The summed E-state index contributed by atoms with van der Waals surface area (Å²) >= 11 is 0. The predicted molar refractivity (Wildman–Crippen MR) is 84.4 cm³/mol. The van der Waals surface area contributed by atoms with E-state index >= 15 is 0 Å². The average molecular weight is 304 g/mol. The molecule has 0 saturated heterocycles. The van der Waals surface area contributed by atoms with E-state index in [1.165, 1.54) is 12.1 Å². The van der Waals surface area contributed by atoms with Crippen LogP contribution in [0.5, 0.6) is 5.75 Å². The van der Waals surface area contributed by atoms with Crippen molar-refractivity contribution in [1.82, 2.24) is 0 Å². The number of benzene rings is 2. The summed E-state index contributed by atoms with van der Waals surface area (Å²) in [6, 6.07) is 10.7.